The van der Waals surface area contributed by atoms with Crippen molar-refractivity contribution in [3.63, 3.8) is 0 Å². The predicted molar refractivity (Wildman–Crippen MR) is 128 cm³/mol. The molecule has 1 saturated carbocycles. The highest BCUT2D eigenvalue weighted by Gasteiger charge is 2.46. The van der Waals surface area contributed by atoms with Crippen molar-refractivity contribution in [1.29, 1.82) is 0 Å². The van der Waals surface area contributed by atoms with Gasteiger partial charge in [0, 0.05) is 4.47 Å². The summed E-state index contributed by atoms with van der Waals surface area (Å²) in [6.45, 7) is 2.34. The molecule has 3 aliphatic rings. The number of piperidine rings is 1. The molecule has 1 saturated heterocycles. The fraction of sp³-hybridized carbons (Fsp3) is 0.462. The van der Waals surface area contributed by atoms with Crippen molar-refractivity contribution in [2.75, 3.05) is 20.1 Å². The molecule has 0 bridgehead atoms. The molecule has 0 N–H and O–H groups in total. The molecule has 3 heterocycles. The van der Waals surface area contributed by atoms with Crippen LogP contribution in [0.4, 0.5) is 0 Å². The monoisotopic (exact) mass is 477 g/mol. The first kappa shape index (κ1) is 19.7. The summed E-state index contributed by atoms with van der Waals surface area (Å²) in [7, 11) is 2.22. The Morgan fingerprint density at radius 3 is 2.61 bits per heavy atom. The Bertz CT molecular complexity index is 1230. The number of likely N-dealkylation sites (tertiary alicyclic amines) is 1. The van der Waals surface area contributed by atoms with Crippen molar-refractivity contribution in [2.24, 2.45) is 0 Å². The minimum Gasteiger partial charge on any atom is -0.306 e. The summed E-state index contributed by atoms with van der Waals surface area (Å²) < 4.78 is 3.12. The molecule has 2 aromatic carbocycles. The Morgan fingerprint density at radius 2 is 1.84 bits per heavy atom. The van der Waals surface area contributed by atoms with Gasteiger partial charge in [-0.15, -0.1) is 0 Å². The van der Waals surface area contributed by atoms with Gasteiger partial charge in [-0.2, -0.15) is 4.98 Å². The summed E-state index contributed by atoms with van der Waals surface area (Å²) in [5.74, 6) is 1.60. The standard InChI is InChI=1S/C26H28BrN3O/c1-29-14-10-17(11-15-29)18-8-9-21-19(16-18)26(12-3-2-4-13-26)25-28-24(31)23-20(27)6-5-7-22(23)30(21)25/h5-9,16-17H,2-4,10-15H2,1H3. The summed E-state index contributed by atoms with van der Waals surface area (Å²) in [5, 5.41) is 0.685. The molecule has 2 aliphatic heterocycles. The first-order valence-corrected chi connectivity index (χ1v) is 12.4. The largest absolute Gasteiger partial charge is 0.306 e. The van der Waals surface area contributed by atoms with E-state index in [1.54, 1.807) is 0 Å². The molecule has 4 nitrogen and oxygen atoms in total. The molecule has 0 unspecified atom stereocenters. The molecule has 1 aliphatic carbocycles. The minimum absolute atomic E-state index is 0.109. The number of benzene rings is 2. The molecule has 3 aromatic rings. The molecule has 1 spiro atoms. The summed E-state index contributed by atoms with van der Waals surface area (Å²) in [5.41, 5.74) is 4.84. The third-order valence-electron chi connectivity index (χ3n) is 7.97. The second kappa shape index (κ2) is 7.28. The van der Waals surface area contributed by atoms with Crippen LogP contribution in [0, 0.1) is 0 Å². The van der Waals surface area contributed by atoms with E-state index in [0.29, 0.717) is 11.3 Å². The number of aromatic nitrogens is 2. The van der Waals surface area contributed by atoms with Gasteiger partial charge in [0.15, 0.2) is 0 Å². The quantitative estimate of drug-likeness (QED) is 0.462. The summed E-state index contributed by atoms with van der Waals surface area (Å²) in [6, 6.07) is 13.2. The molecule has 0 amide bonds. The first-order valence-electron chi connectivity index (χ1n) is 11.6. The lowest BCUT2D eigenvalue weighted by Gasteiger charge is -2.34. The van der Waals surface area contributed by atoms with E-state index in [9.17, 15) is 4.79 Å². The van der Waals surface area contributed by atoms with Crippen molar-refractivity contribution in [1.82, 2.24) is 14.5 Å². The van der Waals surface area contributed by atoms with Gasteiger partial charge in [-0.05, 0) is 97.0 Å². The number of hydrogen-bond acceptors (Lipinski definition) is 3. The lowest BCUT2D eigenvalue weighted by molar-refractivity contribution is 0.255. The molecule has 5 heteroatoms. The molecule has 0 radical (unpaired) electrons. The van der Waals surface area contributed by atoms with Crippen molar-refractivity contribution in [2.45, 2.75) is 56.3 Å². The number of rotatable bonds is 1. The second-order valence-electron chi connectivity index (χ2n) is 9.71. The Hall–Kier alpha value is -1.98. The fourth-order valence-electron chi connectivity index (χ4n) is 6.29. The van der Waals surface area contributed by atoms with E-state index in [1.807, 2.05) is 12.1 Å². The summed E-state index contributed by atoms with van der Waals surface area (Å²) in [4.78, 5) is 20.3. The maximum Gasteiger partial charge on any atom is 0.281 e. The van der Waals surface area contributed by atoms with Crippen LogP contribution in [0.1, 0.15) is 67.8 Å². The van der Waals surface area contributed by atoms with Crippen LogP contribution in [0.5, 0.6) is 0 Å². The van der Waals surface area contributed by atoms with Crippen molar-refractivity contribution in [3.8, 4) is 5.69 Å². The van der Waals surface area contributed by atoms with Crippen LogP contribution in [-0.4, -0.2) is 34.6 Å². The average molecular weight is 478 g/mol. The van der Waals surface area contributed by atoms with E-state index >= 15 is 0 Å². The smallest absolute Gasteiger partial charge is 0.281 e. The van der Waals surface area contributed by atoms with Gasteiger partial charge in [-0.3, -0.25) is 9.36 Å². The van der Waals surface area contributed by atoms with E-state index in [2.05, 4.69) is 56.7 Å². The molecule has 6 rings (SSSR count). The lowest BCUT2D eigenvalue weighted by Crippen LogP contribution is -2.32. The SMILES string of the molecule is CN1CCC(c2ccc3c(c2)C2(CCCCC2)c2nc(=O)c4c(Br)cccc4n2-3)CC1. The average Bonchev–Trinajstić information content (AvgIpc) is 3.04. The normalized spacial score (nSPS) is 20.8. The van der Waals surface area contributed by atoms with Gasteiger partial charge >= 0.3 is 0 Å². The van der Waals surface area contributed by atoms with Gasteiger partial charge in [0.25, 0.3) is 5.56 Å². The van der Waals surface area contributed by atoms with Gasteiger partial charge in [0.1, 0.15) is 5.82 Å². The Labute approximate surface area is 191 Å². The maximum absolute atomic E-state index is 13.1. The predicted octanol–water partition coefficient (Wildman–Crippen LogP) is 5.52. The lowest BCUT2D eigenvalue weighted by atomic mass is 9.69. The van der Waals surface area contributed by atoms with Crippen LogP contribution in [0.2, 0.25) is 0 Å². The van der Waals surface area contributed by atoms with E-state index in [0.717, 1.165) is 28.7 Å². The number of halogens is 1. The molecule has 160 valence electrons. The van der Waals surface area contributed by atoms with Gasteiger partial charge in [-0.25, -0.2) is 0 Å². The van der Waals surface area contributed by atoms with E-state index in [-0.39, 0.29) is 11.0 Å². The molecule has 31 heavy (non-hydrogen) atoms. The Morgan fingerprint density at radius 1 is 1.06 bits per heavy atom. The highest BCUT2D eigenvalue weighted by Crippen LogP contribution is 2.52. The topological polar surface area (TPSA) is 38.1 Å². The molecule has 1 aromatic heterocycles. The minimum atomic E-state index is -0.120. The first-order chi connectivity index (χ1) is 15.1. The van der Waals surface area contributed by atoms with Crippen LogP contribution >= 0.6 is 15.9 Å². The zero-order valence-electron chi connectivity index (χ0n) is 18.0. The van der Waals surface area contributed by atoms with Crippen molar-refractivity contribution < 1.29 is 0 Å². The summed E-state index contributed by atoms with van der Waals surface area (Å²) in [6.07, 6.45) is 8.29. The van der Waals surface area contributed by atoms with Crippen molar-refractivity contribution in [3.05, 3.63) is 68.2 Å². The third kappa shape index (κ3) is 2.89. The zero-order chi connectivity index (χ0) is 21.2. The second-order valence-corrected chi connectivity index (χ2v) is 10.6. The third-order valence-corrected chi connectivity index (χ3v) is 8.63. The molecular weight excluding hydrogens is 450 g/mol. The van der Waals surface area contributed by atoms with E-state index < -0.39 is 0 Å². The Balaban J connectivity index is 1.60. The molecular formula is C26H28BrN3O. The van der Waals surface area contributed by atoms with Crippen LogP contribution in [0.3, 0.4) is 0 Å². The zero-order valence-corrected chi connectivity index (χ0v) is 19.6. The van der Waals surface area contributed by atoms with Crippen molar-refractivity contribution >= 4 is 26.8 Å². The number of nitrogens with zero attached hydrogens (tertiary/aromatic N) is 3. The van der Waals surface area contributed by atoms with Gasteiger partial charge in [0.2, 0.25) is 0 Å². The fourth-order valence-corrected chi connectivity index (χ4v) is 6.81. The van der Waals surface area contributed by atoms with E-state index in [4.69, 9.17) is 4.98 Å². The highest BCUT2D eigenvalue weighted by molar-refractivity contribution is 9.10. The van der Waals surface area contributed by atoms with Crippen LogP contribution in [-0.2, 0) is 5.41 Å². The van der Waals surface area contributed by atoms with Gasteiger partial charge in [0.05, 0.1) is 22.0 Å². The van der Waals surface area contributed by atoms with Crippen LogP contribution in [0.25, 0.3) is 16.6 Å². The number of fused-ring (bicyclic) bond motifs is 7. The summed E-state index contributed by atoms with van der Waals surface area (Å²) >= 11 is 3.59. The van der Waals surface area contributed by atoms with E-state index in [1.165, 1.54) is 62.0 Å². The maximum atomic E-state index is 13.1. The van der Waals surface area contributed by atoms with Crippen LogP contribution < -0.4 is 5.56 Å². The molecule has 2 fully saturated rings. The highest BCUT2D eigenvalue weighted by atomic mass is 79.9. The molecule has 0 atom stereocenters. The van der Waals surface area contributed by atoms with Crippen LogP contribution in [0.15, 0.2) is 45.7 Å². The van der Waals surface area contributed by atoms with Gasteiger partial charge < -0.3 is 4.90 Å². The number of hydrogen-bond donors (Lipinski definition) is 0. The van der Waals surface area contributed by atoms with Gasteiger partial charge in [-0.1, -0.05) is 37.5 Å². The Kier molecular flexibility index (Phi) is 4.62.